The van der Waals surface area contributed by atoms with Crippen molar-refractivity contribution in [3.05, 3.63) is 89.7 Å². The number of Topliss-reactive ketones (excluding diaryl/α,β-unsaturated/α-hetero) is 1. The second kappa shape index (κ2) is 9.13. The minimum absolute atomic E-state index is 0.0795. The Kier molecular flexibility index (Phi) is 6.37. The van der Waals surface area contributed by atoms with Gasteiger partial charge in [0.15, 0.2) is 0 Å². The van der Waals surface area contributed by atoms with Crippen LogP contribution in [0.25, 0.3) is 0 Å². The average molecular weight is 405 g/mol. The number of nitrogens with one attached hydrogen (secondary N) is 1. The molecule has 0 bridgehead atoms. The van der Waals surface area contributed by atoms with E-state index >= 15 is 0 Å². The molecule has 0 amide bonds. The van der Waals surface area contributed by atoms with Crippen LogP contribution in [-0.4, -0.2) is 19.2 Å². The molecule has 7 heteroatoms. The maximum Gasteiger partial charge on any atom is 0.261 e. The average Bonchev–Trinajstić information content (AvgIpc) is 2.73. The van der Waals surface area contributed by atoms with Gasteiger partial charge in [-0.05, 0) is 53.9 Å². The smallest absolute Gasteiger partial charge is 0.261 e. The number of rotatable bonds is 8. The van der Waals surface area contributed by atoms with E-state index in [0.717, 1.165) is 11.1 Å². The standard InChI is InChI=1S/C22H19N3O3S/c23-15-19-3-1-5-20(13-19)25-29(27,28)22-10-7-17(8-11-22)14-21(26)9-6-18-4-2-12-24-16-18/h1-5,7-8,10-13,16,25H,6,9,14H2. The summed E-state index contributed by atoms with van der Waals surface area (Å²) >= 11 is 0. The number of carbonyl (C=O) groups is 1. The summed E-state index contributed by atoms with van der Waals surface area (Å²) in [4.78, 5) is 16.3. The molecule has 0 saturated heterocycles. The van der Waals surface area contributed by atoms with Crippen LogP contribution in [-0.2, 0) is 27.7 Å². The van der Waals surface area contributed by atoms with Gasteiger partial charge in [0.25, 0.3) is 10.0 Å². The van der Waals surface area contributed by atoms with Crippen molar-refractivity contribution in [2.45, 2.75) is 24.2 Å². The van der Waals surface area contributed by atoms with Crippen LogP contribution in [0.4, 0.5) is 5.69 Å². The number of carbonyl (C=O) groups excluding carboxylic acids is 1. The fourth-order valence-electron chi connectivity index (χ4n) is 2.80. The number of ketones is 1. The van der Waals surface area contributed by atoms with Gasteiger partial charge in [-0.3, -0.25) is 14.5 Å². The molecule has 3 rings (SSSR count). The van der Waals surface area contributed by atoms with Gasteiger partial charge >= 0.3 is 0 Å². The molecular weight excluding hydrogens is 386 g/mol. The van der Waals surface area contributed by atoms with E-state index < -0.39 is 10.0 Å². The summed E-state index contributed by atoms with van der Waals surface area (Å²) in [5.41, 5.74) is 2.45. The number of anilines is 1. The molecule has 0 unspecified atom stereocenters. The highest BCUT2D eigenvalue weighted by Gasteiger charge is 2.15. The number of sulfonamides is 1. The Balaban J connectivity index is 1.61. The minimum Gasteiger partial charge on any atom is -0.299 e. The van der Waals surface area contributed by atoms with Crippen LogP contribution in [0.2, 0.25) is 0 Å². The van der Waals surface area contributed by atoms with Crippen molar-refractivity contribution in [1.82, 2.24) is 4.98 Å². The lowest BCUT2D eigenvalue weighted by Crippen LogP contribution is -2.13. The topological polar surface area (TPSA) is 99.9 Å². The normalized spacial score (nSPS) is 10.9. The number of hydrogen-bond donors (Lipinski definition) is 1. The van der Waals surface area contributed by atoms with Crippen LogP contribution in [0.3, 0.4) is 0 Å². The lowest BCUT2D eigenvalue weighted by atomic mass is 10.0. The Bertz CT molecular complexity index is 1140. The van der Waals surface area contributed by atoms with Crippen LogP contribution in [0.1, 0.15) is 23.1 Å². The SMILES string of the molecule is N#Cc1cccc(NS(=O)(=O)c2ccc(CC(=O)CCc3cccnc3)cc2)c1. The molecule has 29 heavy (non-hydrogen) atoms. The Morgan fingerprint density at radius 1 is 1.03 bits per heavy atom. The lowest BCUT2D eigenvalue weighted by Gasteiger charge is -2.09. The van der Waals surface area contributed by atoms with Gasteiger partial charge in [-0.1, -0.05) is 24.3 Å². The Labute approximate surface area is 169 Å². The third-order valence-corrected chi connectivity index (χ3v) is 5.69. The van der Waals surface area contributed by atoms with Crippen molar-refractivity contribution in [2.75, 3.05) is 4.72 Å². The summed E-state index contributed by atoms with van der Waals surface area (Å²) < 4.78 is 27.5. The van der Waals surface area contributed by atoms with Crippen LogP contribution < -0.4 is 4.72 Å². The second-order valence-corrected chi connectivity index (χ2v) is 8.20. The molecule has 1 aromatic heterocycles. The number of nitrogens with zero attached hydrogens (tertiary/aromatic N) is 2. The van der Waals surface area contributed by atoms with Gasteiger partial charge in [0.1, 0.15) is 5.78 Å². The summed E-state index contributed by atoms with van der Waals surface area (Å²) in [7, 11) is -3.78. The van der Waals surface area contributed by atoms with Gasteiger partial charge in [-0.2, -0.15) is 5.26 Å². The molecule has 1 N–H and O–H groups in total. The maximum absolute atomic E-state index is 12.5. The van der Waals surface area contributed by atoms with Crippen LogP contribution in [0, 0.1) is 11.3 Å². The summed E-state index contributed by atoms with van der Waals surface area (Å²) in [6.07, 6.45) is 4.72. The van der Waals surface area contributed by atoms with Crippen molar-refractivity contribution >= 4 is 21.5 Å². The molecule has 3 aromatic rings. The fraction of sp³-hybridized carbons (Fsp3) is 0.136. The van der Waals surface area contributed by atoms with E-state index in [4.69, 9.17) is 5.26 Å². The Hall–Kier alpha value is -3.50. The molecule has 0 spiro atoms. The second-order valence-electron chi connectivity index (χ2n) is 6.52. The highest BCUT2D eigenvalue weighted by Crippen LogP contribution is 2.18. The largest absolute Gasteiger partial charge is 0.299 e. The third-order valence-electron chi connectivity index (χ3n) is 4.29. The lowest BCUT2D eigenvalue weighted by molar-refractivity contribution is -0.118. The van der Waals surface area contributed by atoms with E-state index in [-0.39, 0.29) is 17.1 Å². The van der Waals surface area contributed by atoms with E-state index in [1.165, 1.54) is 18.2 Å². The molecule has 1 heterocycles. The zero-order chi connectivity index (χ0) is 20.7. The molecule has 0 aliphatic rings. The number of aromatic nitrogens is 1. The Morgan fingerprint density at radius 2 is 1.83 bits per heavy atom. The number of hydrogen-bond acceptors (Lipinski definition) is 5. The highest BCUT2D eigenvalue weighted by atomic mass is 32.2. The monoisotopic (exact) mass is 405 g/mol. The van der Waals surface area contributed by atoms with Crippen molar-refractivity contribution in [3.63, 3.8) is 0 Å². The van der Waals surface area contributed by atoms with E-state index in [9.17, 15) is 13.2 Å². The van der Waals surface area contributed by atoms with E-state index in [1.807, 2.05) is 18.2 Å². The van der Waals surface area contributed by atoms with E-state index in [0.29, 0.717) is 24.1 Å². The summed E-state index contributed by atoms with van der Waals surface area (Å²) in [5.74, 6) is 0.0795. The van der Waals surface area contributed by atoms with Gasteiger partial charge in [0, 0.05) is 25.2 Å². The number of nitriles is 1. The molecule has 6 nitrogen and oxygen atoms in total. The molecule has 0 aliphatic carbocycles. The first-order chi connectivity index (χ1) is 14.0. The number of pyridine rings is 1. The molecule has 0 radical (unpaired) electrons. The molecule has 146 valence electrons. The predicted molar refractivity (Wildman–Crippen MR) is 110 cm³/mol. The van der Waals surface area contributed by atoms with Crippen molar-refractivity contribution < 1.29 is 13.2 Å². The molecule has 0 saturated carbocycles. The van der Waals surface area contributed by atoms with E-state index in [2.05, 4.69) is 9.71 Å². The van der Waals surface area contributed by atoms with Gasteiger partial charge in [-0.15, -0.1) is 0 Å². The highest BCUT2D eigenvalue weighted by molar-refractivity contribution is 7.92. The minimum atomic E-state index is -3.78. The first kappa shape index (κ1) is 20.2. The van der Waals surface area contributed by atoms with E-state index in [1.54, 1.807) is 42.7 Å². The van der Waals surface area contributed by atoms with Crippen molar-refractivity contribution in [2.24, 2.45) is 0 Å². The molecular formula is C22H19N3O3S. The van der Waals surface area contributed by atoms with Crippen molar-refractivity contribution in [3.8, 4) is 6.07 Å². The third kappa shape index (κ3) is 5.74. The molecule has 0 aliphatic heterocycles. The molecule has 0 atom stereocenters. The predicted octanol–water partition coefficient (Wildman–Crippen LogP) is 3.50. The maximum atomic E-state index is 12.5. The van der Waals surface area contributed by atoms with Gasteiger partial charge in [-0.25, -0.2) is 8.42 Å². The van der Waals surface area contributed by atoms with Gasteiger partial charge in [0.2, 0.25) is 0 Å². The van der Waals surface area contributed by atoms with Gasteiger partial charge in [0.05, 0.1) is 22.2 Å². The van der Waals surface area contributed by atoms with Crippen LogP contribution in [0.5, 0.6) is 0 Å². The summed E-state index contributed by atoms with van der Waals surface area (Å²) in [5, 5.41) is 8.92. The molecule has 2 aromatic carbocycles. The zero-order valence-electron chi connectivity index (χ0n) is 15.6. The van der Waals surface area contributed by atoms with Gasteiger partial charge < -0.3 is 0 Å². The number of benzene rings is 2. The van der Waals surface area contributed by atoms with Crippen LogP contribution in [0.15, 0.2) is 78.0 Å². The first-order valence-electron chi connectivity index (χ1n) is 8.99. The Morgan fingerprint density at radius 3 is 2.52 bits per heavy atom. The quantitative estimate of drug-likeness (QED) is 0.618. The van der Waals surface area contributed by atoms with Crippen molar-refractivity contribution in [1.29, 1.82) is 5.26 Å². The summed E-state index contributed by atoms with van der Waals surface area (Å²) in [6, 6.07) is 18.2. The summed E-state index contributed by atoms with van der Waals surface area (Å²) in [6.45, 7) is 0. The fourth-order valence-corrected chi connectivity index (χ4v) is 3.85. The zero-order valence-corrected chi connectivity index (χ0v) is 16.4. The van der Waals surface area contributed by atoms with Crippen LogP contribution >= 0.6 is 0 Å². The number of aryl methyl sites for hydroxylation is 1. The first-order valence-corrected chi connectivity index (χ1v) is 10.5. The molecule has 0 fully saturated rings.